The van der Waals surface area contributed by atoms with E-state index in [0.717, 1.165) is 24.9 Å². The molecule has 2 rings (SSSR count). The molecule has 0 spiro atoms. The third kappa shape index (κ3) is 3.02. The number of likely N-dealkylation sites (tertiary alicyclic amines) is 1. The molecule has 0 aromatic heterocycles. The molecule has 1 heterocycles. The number of carbonyl (C=O) groups is 2. The quantitative estimate of drug-likeness (QED) is 0.773. The summed E-state index contributed by atoms with van der Waals surface area (Å²) in [7, 11) is 0. The Labute approximate surface area is 108 Å². The normalized spacial score (nSPS) is 30.3. The summed E-state index contributed by atoms with van der Waals surface area (Å²) in [4.78, 5) is 24.6. The summed E-state index contributed by atoms with van der Waals surface area (Å²) in [5, 5.41) is 2.17. The fourth-order valence-corrected chi connectivity index (χ4v) is 3.37. The number of amides is 3. The van der Waals surface area contributed by atoms with Gasteiger partial charge < -0.3 is 5.73 Å². The molecule has 0 radical (unpaired) electrons. The molecule has 0 aromatic rings. The molecule has 1 saturated carbocycles. The Morgan fingerprint density at radius 3 is 2.56 bits per heavy atom. The van der Waals surface area contributed by atoms with Gasteiger partial charge in [-0.2, -0.15) is 0 Å². The maximum Gasteiger partial charge on any atom is 0.318 e. The summed E-state index contributed by atoms with van der Waals surface area (Å²) in [5.74, 6) is 1.30. The van der Waals surface area contributed by atoms with Crippen LogP contribution in [0.5, 0.6) is 0 Å². The number of piperidine rings is 1. The Hall–Kier alpha value is -1.10. The lowest BCUT2D eigenvalue weighted by Crippen LogP contribution is -2.53. The zero-order chi connectivity index (χ0) is 13.1. The highest BCUT2D eigenvalue weighted by molar-refractivity contribution is 5.96. The first-order chi connectivity index (χ1) is 8.58. The van der Waals surface area contributed by atoms with Crippen molar-refractivity contribution in [2.75, 3.05) is 13.1 Å². The zero-order valence-electron chi connectivity index (χ0n) is 11.0. The zero-order valence-corrected chi connectivity index (χ0v) is 11.0. The third-order valence-corrected chi connectivity index (χ3v) is 4.50. The Bertz CT molecular complexity index is 332. The lowest BCUT2D eigenvalue weighted by atomic mass is 9.75. The molecular weight excluding hydrogens is 230 g/mol. The van der Waals surface area contributed by atoms with Gasteiger partial charge in [0.1, 0.15) is 0 Å². The van der Waals surface area contributed by atoms with Crippen LogP contribution in [-0.2, 0) is 4.79 Å². The Morgan fingerprint density at radius 2 is 1.89 bits per heavy atom. The number of hydrogen-bond acceptors (Lipinski definition) is 3. The predicted molar refractivity (Wildman–Crippen MR) is 68.8 cm³/mol. The predicted octanol–water partition coefficient (Wildman–Crippen LogP) is 1.08. The van der Waals surface area contributed by atoms with E-state index in [4.69, 9.17) is 5.73 Å². The van der Waals surface area contributed by atoms with E-state index in [1.165, 1.54) is 32.1 Å². The minimum absolute atomic E-state index is 0.264. The minimum atomic E-state index is -0.764. The molecular formula is C13H23N3O2. The molecule has 3 amide bonds. The Kier molecular flexibility index (Phi) is 4.22. The molecule has 0 bridgehead atoms. The van der Waals surface area contributed by atoms with E-state index >= 15 is 0 Å². The standard InChI is InChI=1S/C13H23N3O2/c1-9(12(17)15-13(14)18)16-7-6-10-4-2-3-5-11(10)8-16/h9-11H,2-8H2,1H3,(H3,14,15,17,18)/t9-,10-,11+/m0/s1. The third-order valence-electron chi connectivity index (χ3n) is 4.50. The van der Waals surface area contributed by atoms with Gasteiger partial charge in [0.25, 0.3) is 0 Å². The van der Waals surface area contributed by atoms with Crippen LogP contribution in [0.1, 0.15) is 39.0 Å². The number of nitrogens with zero attached hydrogens (tertiary/aromatic N) is 1. The number of imide groups is 1. The highest BCUT2D eigenvalue weighted by atomic mass is 16.2. The van der Waals surface area contributed by atoms with Crippen LogP contribution in [0.25, 0.3) is 0 Å². The molecule has 0 aromatic carbocycles. The number of fused-ring (bicyclic) bond motifs is 1. The van der Waals surface area contributed by atoms with Crippen LogP contribution in [0.3, 0.4) is 0 Å². The summed E-state index contributed by atoms with van der Waals surface area (Å²) in [6.45, 7) is 3.79. The molecule has 18 heavy (non-hydrogen) atoms. The van der Waals surface area contributed by atoms with Crippen molar-refractivity contribution in [3.63, 3.8) is 0 Å². The van der Waals surface area contributed by atoms with E-state index in [9.17, 15) is 9.59 Å². The summed E-state index contributed by atoms with van der Waals surface area (Å²) in [6.07, 6.45) is 6.49. The van der Waals surface area contributed by atoms with E-state index < -0.39 is 6.03 Å². The van der Waals surface area contributed by atoms with Crippen molar-refractivity contribution >= 4 is 11.9 Å². The second kappa shape index (κ2) is 5.69. The molecule has 3 atom stereocenters. The number of rotatable bonds is 2. The molecule has 1 aliphatic heterocycles. The van der Waals surface area contributed by atoms with Gasteiger partial charge >= 0.3 is 6.03 Å². The van der Waals surface area contributed by atoms with Gasteiger partial charge in [-0.15, -0.1) is 0 Å². The highest BCUT2D eigenvalue weighted by Crippen LogP contribution is 2.36. The van der Waals surface area contributed by atoms with Crippen molar-refractivity contribution in [2.45, 2.75) is 45.1 Å². The van der Waals surface area contributed by atoms with Crippen LogP contribution in [0.15, 0.2) is 0 Å². The van der Waals surface area contributed by atoms with Crippen molar-refractivity contribution in [3.8, 4) is 0 Å². The lowest BCUT2D eigenvalue weighted by molar-refractivity contribution is -0.125. The average molecular weight is 253 g/mol. The van der Waals surface area contributed by atoms with Gasteiger partial charge in [0.05, 0.1) is 6.04 Å². The van der Waals surface area contributed by atoms with Crippen LogP contribution in [0, 0.1) is 11.8 Å². The number of carbonyl (C=O) groups excluding carboxylic acids is 2. The molecule has 1 aliphatic carbocycles. The molecule has 5 nitrogen and oxygen atoms in total. The van der Waals surface area contributed by atoms with Crippen LogP contribution in [0.2, 0.25) is 0 Å². The van der Waals surface area contributed by atoms with Crippen molar-refractivity contribution in [3.05, 3.63) is 0 Å². The van der Waals surface area contributed by atoms with E-state index in [1.807, 2.05) is 6.92 Å². The largest absolute Gasteiger partial charge is 0.351 e. The molecule has 102 valence electrons. The summed E-state index contributed by atoms with van der Waals surface area (Å²) < 4.78 is 0. The molecule has 1 saturated heterocycles. The van der Waals surface area contributed by atoms with Gasteiger partial charge in [-0.3, -0.25) is 15.0 Å². The van der Waals surface area contributed by atoms with Crippen LogP contribution in [0.4, 0.5) is 4.79 Å². The summed E-state index contributed by atoms with van der Waals surface area (Å²) in [5.41, 5.74) is 4.98. The van der Waals surface area contributed by atoms with Crippen molar-refractivity contribution in [2.24, 2.45) is 17.6 Å². The van der Waals surface area contributed by atoms with Crippen molar-refractivity contribution < 1.29 is 9.59 Å². The summed E-state index contributed by atoms with van der Waals surface area (Å²) in [6, 6.07) is -1.03. The monoisotopic (exact) mass is 253 g/mol. The minimum Gasteiger partial charge on any atom is -0.351 e. The number of primary amides is 1. The van der Waals surface area contributed by atoms with Gasteiger partial charge in [-0.25, -0.2) is 4.79 Å². The summed E-state index contributed by atoms with van der Waals surface area (Å²) >= 11 is 0. The van der Waals surface area contributed by atoms with Crippen LogP contribution < -0.4 is 11.1 Å². The highest BCUT2D eigenvalue weighted by Gasteiger charge is 2.34. The van der Waals surface area contributed by atoms with Gasteiger partial charge in [-0.1, -0.05) is 19.3 Å². The molecule has 2 aliphatic rings. The molecule has 3 N–H and O–H groups in total. The van der Waals surface area contributed by atoms with Gasteiger partial charge in [0.2, 0.25) is 5.91 Å². The number of hydrogen-bond donors (Lipinski definition) is 2. The van der Waals surface area contributed by atoms with Gasteiger partial charge in [0.15, 0.2) is 0 Å². The van der Waals surface area contributed by atoms with Gasteiger partial charge in [-0.05, 0) is 38.1 Å². The maximum absolute atomic E-state index is 11.8. The first-order valence-corrected chi connectivity index (χ1v) is 6.92. The van der Waals surface area contributed by atoms with E-state index in [2.05, 4.69) is 10.2 Å². The topological polar surface area (TPSA) is 75.4 Å². The molecule has 0 unspecified atom stereocenters. The first kappa shape index (κ1) is 13.3. The van der Waals surface area contributed by atoms with Crippen molar-refractivity contribution in [1.82, 2.24) is 10.2 Å². The number of nitrogens with one attached hydrogen (secondary N) is 1. The SMILES string of the molecule is C[C@@H](C(=O)NC(N)=O)N1CC[C@@H]2CCCC[C@@H]2C1. The first-order valence-electron chi connectivity index (χ1n) is 6.92. The second-order valence-electron chi connectivity index (χ2n) is 5.62. The van der Waals surface area contributed by atoms with Crippen LogP contribution in [-0.4, -0.2) is 36.0 Å². The Balaban J connectivity index is 1.89. The second-order valence-corrected chi connectivity index (χ2v) is 5.62. The Morgan fingerprint density at radius 1 is 1.22 bits per heavy atom. The average Bonchev–Trinajstić information content (AvgIpc) is 2.36. The van der Waals surface area contributed by atoms with E-state index in [0.29, 0.717) is 0 Å². The van der Waals surface area contributed by atoms with Crippen LogP contribution >= 0.6 is 0 Å². The fraction of sp³-hybridized carbons (Fsp3) is 0.846. The molecule has 5 heteroatoms. The van der Waals surface area contributed by atoms with Gasteiger partial charge in [0, 0.05) is 6.54 Å². The van der Waals surface area contributed by atoms with E-state index in [1.54, 1.807) is 0 Å². The fourth-order valence-electron chi connectivity index (χ4n) is 3.37. The van der Waals surface area contributed by atoms with E-state index in [-0.39, 0.29) is 11.9 Å². The van der Waals surface area contributed by atoms with Crippen molar-refractivity contribution in [1.29, 1.82) is 0 Å². The number of urea groups is 1. The lowest BCUT2D eigenvalue weighted by Gasteiger charge is -2.43. The maximum atomic E-state index is 11.8. The smallest absolute Gasteiger partial charge is 0.318 e. The number of nitrogens with two attached hydrogens (primary N) is 1. The molecule has 2 fully saturated rings.